The largest absolute Gasteiger partial charge is 0.314 e. The average Bonchev–Trinajstić information content (AvgIpc) is 2.54. The number of likely N-dealkylation sites (N-methyl/N-ethyl adjacent to an activating group) is 1. The molecule has 1 aromatic rings. The first kappa shape index (κ1) is 16.5. The predicted molar refractivity (Wildman–Crippen MR) is 92.6 cm³/mol. The molecule has 0 aromatic heterocycles. The molecular formula is C20H33N. The summed E-state index contributed by atoms with van der Waals surface area (Å²) >= 11 is 0. The average molecular weight is 287 g/mol. The van der Waals surface area contributed by atoms with Crippen LogP contribution in [0.2, 0.25) is 0 Å². The molecule has 0 saturated heterocycles. The summed E-state index contributed by atoms with van der Waals surface area (Å²) in [6.07, 6.45) is 11.2. The molecule has 1 fully saturated rings. The summed E-state index contributed by atoms with van der Waals surface area (Å²) < 4.78 is 0. The fraction of sp³-hybridized carbons (Fsp3) is 0.700. The highest BCUT2D eigenvalue weighted by Crippen LogP contribution is 2.34. The number of hydrogen-bond donors (Lipinski definition) is 1. The van der Waals surface area contributed by atoms with E-state index in [-0.39, 0.29) is 0 Å². The first-order chi connectivity index (χ1) is 10.3. The fourth-order valence-corrected chi connectivity index (χ4v) is 3.91. The molecule has 1 aliphatic rings. The van der Waals surface area contributed by atoms with Crippen molar-refractivity contribution in [3.8, 4) is 0 Å². The van der Waals surface area contributed by atoms with Gasteiger partial charge in [-0.15, -0.1) is 0 Å². The van der Waals surface area contributed by atoms with Crippen molar-refractivity contribution in [2.45, 2.75) is 71.3 Å². The molecule has 0 amide bonds. The second kappa shape index (κ2) is 9.25. The molecule has 1 saturated carbocycles. The minimum absolute atomic E-state index is 0.671. The summed E-state index contributed by atoms with van der Waals surface area (Å²) in [7, 11) is 0. The van der Waals surface area contributed by atoms with Crippen molar-refractivity contribution in [3.05, 3.63) is 35.9 Å². The van der Waals surface area contributed by atoms with E-state index in [1.165, 1.54) is 56.9 Å². The summed E-state index contributed by atoms with van der Waals surface area (Å²) in [5.74, 6) is 1.89. The molecular weight excluding hydrogens is 254 g/mol. The van der Waals surface area contributed by atoms with E-state index in [2.05, 4.69) is 49.5 Å². The number of unbranched alkanes of at least 4 members (excludes halogenated alkanes) is 1. The van der Waals surface area contributed by atoms with Gasteiger partial charge in [0.25, 0.3) is 0 Å². The maximum absolute atomic E-state index is 3.76. The van der Waals surface area contributed by atoms with Crippen LogP contribution in [0.25, 0.3) is 0 Å². The number of rotatable bonds is 8. The molecule has 0 spiro atoms. The quantitative estimate of drug-likeness (QED) is 0.692. The summed E-state index contributed by atoms with van der Waals surface area (Å²) in [6, 6.07) is 11.7. The Bertz CT molecular complexity index is 365. The molecule has 0 bridgehead atoms. The Morgan fingerprint density at radius 3 is 2.38 bits per heavy atom. The van der Waals surface area contributed by atoms with Gasteiger partial charge in [0.2, 0.25) is 0 Å². The lowest BCUT2D eigenvalue weighted by Crippen LogP contribution is -2.39. The molecule has 1 N–H and O–H groups in total. The molecule has 0 heterocycles. The maximum atomic E-state index is 3.76. The number of benzene rings is 1. The highest BCUT2D eigenvalue weighted by Gasteiger charge is 2.26. The van der Waals surface area contributed by atoms with E-state index in [0.29, 0.717) is 6.04 Å². The van der Waals surface area contributed by atoms with Gasteiger partial charge in [-0.3, -0.25) is 0 Å². The van der Waals surface area contributed by atoms with Gasteiger partial charge in [0.1, 0.15) is 0 Å². The molecule has 0 aliphatic heterocycles. The SMILES string of the molecule is CCCCC1CCC(C(Cc2ccccc2)NCC)CC1. The highest BCUT2D eigenvalue weighted by atomic mass is 14.9. The Morgan fingerprint density at radius 2 is 1.76 bits per heavy atom. The maximum Gasteiger partial charge on any atom is 0.0136 e. The van der Waals surface area contributed by atoms with Gasteiger partial charge in [-0.25, -0.2) is 0 Å². The van der Waals surface area contributed by atoms with Crippen LogP contribution in [0.15, 0.2) is 30.3 Å². The predicted octanol–water partition coefficient (Wildman–Crippen LogP) is 5.20. The van der Waals surface area contributed by atoms with Crippen molar-refractivity contribution in [1.29, 1.82) is 0 Å². The van der Waals surface area contributed by atoms with Crippen molar-refractivity contribution in [1.82, 2.24) is 5.32 Å². The molecule has 21 heavy (non-hydrogen) atoms. The summed E-state index contributed by atoms with van der Waals surface area (Å²) in [6.45, 7) is 5.64. The van der Waals surface area contributed by atoms with Crippen molar-refractivity contribution in [3.63, 3.8) is 0 Å². The lowest BCUT2D eigenvalue weighted by Gasteiger charge is -2.34. The van der Waals surface area contributed by atoms with Crippen LogP contribution in [-0.4, -0.2) is 12.6 Å². The molecule has 2 rings (SSSR count). The molecule has 0 radical (unpaired) electrons. The number of nitrogens with one attached hydrogen (secondary N) is 1. The van der Waals surface area contributed by atoms with E-state index in [1.54, 1.807) is 0 Å². The Balaban J connectivity index is 1.85. The zero-order chi connectivity index (χ0) is 14.9. The first-order valence-corrected chi connectivity index (χ1v) is 9.10. The lowest BCUT2D eigenvalue weighted by molar-refractivity contribution is 0.212. The van der Waals surface area contributed by atoms with Gasteiger partial charge in [-0.05, 0) is 43.2 Å². The zero-order valence-corrected chi connectivity index (χ0v) is 14.0. The van der Waals surface area contributed by atoms with Crippen LogP contribution in [0.3, 0.4) is 0 Å². The molecule has 118 valence electrons. The van der Waals surface area contributed by atoms with Crippen LogP contribution < -0.4 is 5.32 Å². The standard InChI is InChI=1S/C20H33N/c1-3-5-9-17-12-14-19(15-13-17)20(21-4-2)16-18-10-7-6-8-11-18/h6-8,10-11,17,19-21H,3-5,9,12-16H2,1-2H3. The summed E-state index contributed by atoms with van der Waals surface area (Å²) in [5, 5.41) is 3.76. The molecule has 1 unspecified atom stereocenters. The van der Waals surface area contributed by atoms with Crippen LogP contribution in [0.1, 0.15) is 64.4 Å². The van der Waals surface area contributed by atoms with Crippen LogP contribution in [-0.2, 0) is 6.42 Å². The van der Waals surface area contributed by atoms with Crippen LogP contribution in [0.4, 0.5) is 0 Å². The van der Waals surface area contributed by atoms with Gasteiger partial charge in [0, 0.05) is 6.04 Å². The minimum atomic E-state index is 0.671. The summed E-state index contributed by atoms with van der Waals surface area (Å²) in [4.78, 5) is 0. The van der Waals surface area contributed by atoms with Crippen LogP contribution >= 0.6 is 0 Å². The van der Waals surface area contributed by atoms with Crippen LogP contribution in [0.5, 0.6) is 0 Å². The summed E-state index contributed by atoms with van der Waals surface area (Å²) in [5.41, 5.74) is 1.48. The normalized spacial score (nSPS) is 23.9. The molecule has 1 aliphatic carbocycles. The smallest absolute Gasteiger partial charge is 0.0136 e. The van der Waals surface area contributed by atoms with Gasteiger partial charge < -0.3 is 5.32 Å². The first-order valence-electron chi connectivity index (χ1n) is 9.10. The van der Waals surface area contributed by atoms with Crippen LogP contribution in [0, 0.1) is 11.8 Å². The van der Waals surface area contributed by atoms with E-state index >= 15 is 0 Å². The second-order valence-corrected chi connectivity index (χ2v) is 6.78. The van der Waals surface area contributed by atoms with Gasteiger partial charge in [0.15, 0.2) is 0 Å². The third-order valence-electron chi connectivity index (χ3n) is 5.19. The molecule has 1 atom stereocenters. The van der Waals surface area contributed by atoms with Crippen molar-refractivity contribution >= 4 is 0 Å². The van der Waals surface area contributed by atoms with Gasteiger partial charge in [0.05, 0.1) is 0 Å². The second-order valence-electron chi connectivity index (χ2n) is 6.78. The Labute approximate surface area is 131 Å². The Hall–Kier alpha value is -0.820. The van der Waals surface area contributed by atoms with Crippen molar-refractivity contribution in [2.24, 2.45) is 11.8 Å². The van der Waals surface area contributed by atoms with E-state index in [0.717, 1.165) is 18.4 Å². The van der Waals surface area contributed by atoms with E-state index in [4.69, 9.17) is 0 Å². The van der Waals surface area contributed by atoms with Gasteiger partial charge >= 0.3 is 0 Å². The van der Waals surface area contributed by atoms with E-state index < -0.39 is 0 Å². The lowest BCUT2D eigenvalue weighted by atomic mass is 9.75. The monoisotopic (exact) mass is 287 g/mol. The highest BCUT2D eigenvalue weighted by molar-refractivity contribution is 5.16. The topological polar surface area (TPSA) is 12.0 Å². The molecule has 1 nitrogen and oxygen atoms in total. The van der Waals surface area contributed by atoms with Crippen molar-refractivity contribution < 1.29 is 0 Å². The Morgan fingerprint density at radius 1 is 1.05 bits per heavy atom. The van der Waals surface area contributed by atoms with Crippen molar-refractivity contribution in [2.75, 3.05) is 6.54 Å². The minimum Gasteiger partial charge on any atom is -0.314 e. The number of hydrogen-bond acceptors (Lipinski definition) is 1. The van der Waals surface area contributed by atoms with Gasteiger partial charge in [-0.1, -0.05) is 76.3 Å². The van der Waals surface area contributed by atoms with Gasteiger partial charge in [-0.2, -0.15) is 0 Å². The molecule has 1 aromatic carbocycles. The zero-order valence-electron chi connectivity index (χ0n) is 14.0. The molecule has 1 heteroatoms. The third-order valence-corrected chi connectivity index (χ3v) is 5.19. The van der Waals surface area contributed by atoms with E-state index in [9.17, 15) is 0 Å². The fourth-order valence-electron chi connectivity index (χ4n) is 3.91. The van der Waals surface area contributed by atoms with E-state index in [1.807, 2.05) is 0 Å². The Kier molecular flexibility index (Phi) is 7.29. The third kappa shape index (κ3) is 5.47.